The van der Waals surface area contributed by atoms with Gasteiger partial charge in [0, 0.05) is 31.4 Å². The molecule has 1 aromatic carbocycles. The van der Waals surface area contributed by atoms with Crippen LogP contribution in [0.25, 0.3) is 11.2 Å². The van der Waals surface area contributed by atoms with Crippen molar-refractivity contribution in [3.63, 3.8) is 0 Å². The first-order valence-electron chi connectivity index (χ1n) is 9.48. The SMILES string of the molecule is CN1CC[C@@H](c2nn(CCNC(=O)Cc3ccccc3F)c3nccnc23)C1. The maximum atomic E-state index is 13.7. The van der Waals surface area contributed by atoms with Gasteiger partial charge >= 0.3 is 0 Å². The van der Waals surface area contributed by atoms with Gasteiger partial charge in [0.25, 0.3) is 0 Å². The molecule has 1 aliphatic heterocycles. The van der Waals surface area contributed by atoms with Gasteiger partial charge in [-0.3, -0.25) is 4.79 Å². The van der Waals surface area contributed by atoms with E-state index in [0.717, 1.165) is 36.4 Å². The molecule has 8 heteroatoms. The van der Waals surface area contributed by atoms with Gasteiger partial charge in [0.2, 0.25) is 5.91 Å². The van der Waals surface area contributed by atoms with E-state index in [4.69, 9.17) is 5.10 Å². The van der Waals surface area contributed by atoms with Gasteiger partial charge in [-0.25, -0.2) is 19.0 Å². The Morgan fingerprint density at radius 1 is 1.29 bits per heavy atom. The topological polar surface area (TPSA) is 75.9 Å². The minimum Gasteiger partial charge on any atom is -0.354 e. The molecule has 0 saturated carbocycles. The standard InChI is InChI=1S/C20H23FN6O/c1-26-10-6-15(13-26)18-19-20(24-8-7-23-19)27(25-18)11-9-22-17(28)12-14-4-2-3-5-16(14)21/h2-5,7-8,15H,6,9-13H2,1H3,(H,22,28)/t15-/m1/s1. The van der Waals surface area contributed by atoms with Crippen LogP contribution in [0.15, 0.2) is 36.7 Å². The molecule has 1 aliphatic rings. The van der Waals surface area contributed by atoms with Gasteiger partial charge in [0.15, 0.2) is 5.65 Å². The van der Waals surface area contributed by atoms with Crippen LogP contribution in [0.5, 0.6) is 0 Å². The van der Waals surface area contributed by atoms with E-state index < -0.39 is 0 Å². The van der Waals surface area contributed by atoms with Crippen LogP contribution in [0.4, 0.5) is 4.39 Å². The largest absolute Gasteiger partial charge is 0.354 e. The molecule has 1 fully saturated rings. The lowest BCUT2D eigenvalue weighted by atomic mass is 10.0. The number of carbonyl (C=O) groups is 1. The van der Waals surface area contributed by atoms with Crippen molar-refractivity contribution >= 4 is 17.1 Å². The van der Waals surface area contributed by atoms with Crippen molar-refractivity contribution in [3.05, 3.63) is 53.7 Å². The average molecular weight is 382 g/mol. The van der Waals surface area contributed by atoms with E-state index in [0.29, 0.717) is 24.6 Å². The first-order valence-corrected chi connectivity index (χ1v) is 9.48. The Morgan fingerprint density at radius 3 is 2.89 bits per heavy atom. The zero-order valence-electron chi connectivity index (χ0n) is 15.8. The Kier molecular flexibility index (Phi) is 5.29. The number of carbonyl (C=O) groups excluding carboxylic acids is 1. The minimum atomic E-state index is -0.364. The van der Waals surface area contributed by atoms with Crippen LogP contribution in [-0.4, -0.2) is 57.2 Å². The molecule has 3 heterocycles. The fourth-order valence-electron chi connectivity index (χ4n) is 3.69. The van der Waals surface area contributed by atoms with Crippen molar-refractivity contribution in [2.75, 3.05) is 26.7 Å². The third kappa shape index (κ3) is 3.87. The summed E-state index contributed by atoms with van der Waals surface area (Å²) in [6.45, 7) is 2.89. The number of rotatable bonds is 6. The summed E-state index contributed by atoms with van der Waals surface area (Å²) in [6, 6.07) is 6.32. The summed E-state index contributed by atoms with van der Waals surface area (Å²) in [5.41, 5.74) is 2.93. The molecule has 1 N–H and O–H groups in total. The molecule has 0 unspecified atom stereocenters. The Hall–Kier alpha value is -2.87. The lowest BCUT2D eigenvalue weighted by Gasteiger charge is -2.08. The Bertz CT molecular complexity index is 988. The van der Waals surface area contributed by atoms with E-state index >= 15 is 0 Å². The first-order chi connectivity index (χ1) is 13.6. The van der Waals surface area contributed by atoms with Gasteiger partial charge in [-0.2, -0.15) is 5.10 Å². The zero-order valence-corrected chi connectivity index (χ0v) is 15.8. The second kappa shape index (κ2) is 8.02. The van der Waals surface area contributed by atoms with Gasteiger partial charge in [-0.15, -0.1) is 0 Å². The molecule has 1 saturated heterocycles. The van der Waals surface area contributed by atoms with E-state index in [1.807, 2.05) is 0 Å². The van der Waals surface area contributed by atoms with Crippen LogP contribution in [0.2, 0.25) is 0 Å². The highest BCUT2D eigenvalue weighted by atomic mass is 19.1. The highest BCUT2D eigenvalue weighted by molar-refractivity contribution is 5.78. The van der Waals surface area contributed by atoms with Crippen LogP contribution < -0.4 is 5.32 Å². The van der Waals surface area contributed by atoms with E-state index in [9.17, 15) is 9.18 Å². The zero-order chi connectivity index (χ0) is 19.5. The monoisotopic (exact) mass is 382 g/mol. The Balaban J connectivity index is 1.42. The number of hydrogen-bond donors (Lipinski definition) is 1. The fourth-order valence-corrected chi connectivity index (χ4v) is 3.69. The van der Waals surface area contributed by atoms with Crippen LogP contribution in [-0.2, 0) is 17.8 Å². The molecule has 3 aromatic rings. The van der Waals surface area contributed by atoms with Crippen molar-refractivity contribution < 1.29 is 9.18 Å². The molecule has 0 radical (unpaired) electrons. The molecular weight excluding hydrogens is 359 g/mol. The van der Waals surface area contributed by atoms with E-state index in [1.54, 1.807) is 35.3 Å². The van der Waals surface area contributed by atoms with Gasteiger partial charge in [-0.1, -0.05) is 18.2 Å². The maximum Gasteiger partial charge on any atom is 0.224 e. The van der Waals surface area contributed by atoms with Crippen LogP contribution in [0.3, 0.4) is 0 Å². The molecule has 0 bridgehead atoms. The number of aromatic nitrogens is 4. The molecule has 2 aromatic heterocycles. The van der Waals surface area contributed by atoms with Crippen LogP contribution in [0.1, 0.15) is 23.6 Å². The summed E-state index contributed by atoms with van der Waals surface area (Å²) in [6.07, 6.45) is 4.42. The lowest BCUT2D eigenvalue weighted by Crippen LogP contribution is -2.29. The highest BCUT2D eigenvalue weighted by Crippen LogP contribution is 2.29. The lowest BCUT2D eigenvalue weighted by molar-refractivity contribution is -0.120. The summed E-state index contributed by atoms with van der Waals surface area (Å²) in [5, 5.41) is 7.59. The predicted octanol–water partition coefficient (Wildman–Crippen LogP) is 1.74. The minimum absolute atomic E-state index is 0.0198. The van der Waals surface area contributed by atoms with Crippen LogP contribution >= 0.6 is 0 Å². The number of benzene rings is 1. The third-order valence-electron chi connectivity index (χ3n) is 5.13. The number of nitrogens with zero attached hydrogens (tertiary/aromatic N) is 5. The van der Waals surface area contributed by atoms with Crippen molar-refractivity contribution in [3.8, 4) is 0 Å². The van der Waals surface area contributed by atoms with Crippen molar-refractivity contribution in [2.24, 2.45) is 0 Å². The first kappa shape index (κ1) is 18.5. The number of amides is 1. The van der Waals surface area contributed by atoms with Gasteiger partial charge in [-0.05, 0) is 31.6 Å². The summed E-state index contributed by atoms with van der Waals surface area (Å²) in [5.74, 6) is -0.233. The van der Waals surface area contributed by atoms with Gasteiger partial charge in [0.1, 0.15) is 11.3 Å². The molecule has 146 valence electrons. The molecule has 1 amide bonds. The molecule has 7 nitrogen and oxygen atoms in total. The summed E-state index contributed by atoms with van der Waals surface area (Å²) < 4.78 is 15.5. The molecule has 0 aliphatic carbocycles. The molecule has 4 rings (SSSR count). The van der Waals surface area contributed by atoms with Gasteiger partial charge in [0.05, 0.1) is 18.7 Å². The van der Waals surface area contributed by atoms with E-state index in [-0.39, 0.29) is 18.1 Å². The maximum absolute atomic E-state index is 13.7. The second-order valence-corrected chi connectivity index (χ2v) is 7.20. The second-order valence-electron chi connectivity index (χ2n) is 7.20. The fraction of sp³-hybridized carbons (Fsp3) is 0.400. The molecule has 1 atom stereocenters. The van der Waals surface area contributed by atoms with Gasteiger partial charge < -0.3 is 10.2 Å². The van der Waals surface area contributed by atoms with Crippen LogP contribution in [0, 0.1) is 5.82 Å². The highest BCUT2D eigenvalue weighted by Gasteiger charge is 2.27. The number of likely N-dealkylation sites (tertiary alicyclic amines) is 1. The van der Waals surface area contributed by atoms with E-state index in [2.05, 4.69) is 27.2 Å². The number of halogens is 1. The smallest absolute Gasteiger partial charge is 0.224 e. The Morgan fingerprint density at radius 2 is 2.11 bits per heavy atom. The number of fused-ring (bicyclic) bond motifs is 1. The number of nitrogens with one attached hydrogen (secondary N) is 1. The van der Waals surface area contributed by atoms with Crippen molar-refractivity contribution in [2.45, 2.75) is 25.3 Å². The Labute approximate surface area is 162 Å². The number of likely N-dealkylation sites (N-methyl/N-ethyl adjacent to an activating group) is 1. The summed E-state index contributed by atoms with van der Waals surface area (Å²) >= 11 is 0. The third-order valence-corrected chi connectivity index (χ3v) is 5.13. The number of hydrogen-bond acceptors (Lipinski definition) is 5. The average Bonchev–Trinajstić information content (AvgIpc) is 3.28. The molecule has 28 heavy (non-hydrogen) atoms. The van der Waals surface area contributed by atoms with Crippen molar-refractivity contribution in [1.29, 1.82) is 0 Å². The molecule has 0 spiro atoms. The predicted molar refractivity (Wildman–Crippen MR) is 103 cm³/mol. The van der Waals surface area contributed by atoms with E-state index in [1.165, 1.54) is 6.07 Å². The summed E-state index contributed by atoms with van der Waals surface area (Å²) in [7, 11) is 2.11. The molecular formula is C20H23FN6O. The quantitative estimate of drug-likeness (QED) is 0.703. The van der Waals surface area contributed by atoms with Crippen molar-refractivity contribution in [1.82, 2.24) is 30.0 Å². The summed E-state index contributed by atoms with van der Waals surface area (Å²) in [4.78, 5) is 23.3. The normalized spacial score (nSPS) is 17.3.